The molecule has 4 rings (SSSR count). The van der Waals surface area contributed by atoms with Gasteiger partial charge in [0.15, 0.2) is 0 Å². The lowest BCUT2D eigenvalue weighted by Gasteiger charge is -2.11. The summed E-state index contributed by atoms with van der Waals surface area (Å²) in [4.78, 5) is 5.96. The number of hydrogen-bond donors (Lipinski definition) is 0. The molecule has 0 saturated heterocycles. The van der Waals surface area contributed by atoms with Gasteiger partial charge in [-0.05, 0) is 61.6 Å². The van der Waals surface area contributed by atoms with E-state index in [4.69, 9.17) is 27.9 Å². The van der Waals surface area contributed by atoms with Crippen LogP contribution in [0.4, 0.5) is 5.00 Å². The number of rotatable bonds is 5. The van der Waals surface area contributed by atoms with Crippen LogP contribution >= 0.6 is 50.5 Å². The van der Waals surface area contributed by atoms with Gasteiger partial charge in [-0.25, -0.2) is 4.99 Å². The van der Waals surface area contributed by atoms with Crippen molar-refractivity contribution < 1.29 is 4.74 Å². The van der Waals surface area contributed by atoms with Crippen molar-refractivity contribution in [3.05, 3.63) is 78.0 Å². The van der Waals surface area contributed by atoms with Gasteiger partial charge in [0.1, 0.15) is 23.4 Å². The molecule has 1 aromatic heterocycles. The highest BCUT2D eigenvalue weighted by Crippen LogP contribution is 2.39. The van der Waals surface area contributed by atoms with Crippen molar-refractivity contribution in [3.63, 3.8) is 0 Å². The fourth-order valence-electron chi connectivity index (χ4n) is 3.43. The standard InChI is InChI=1S/C23H17BrCl2N2OS/c24-16-6-8-21(29-13-14-5-7-17(25)10-20(14)26)15(9-16)12-28-23-19(11-27)18-3-1-2-4-22(18)30-23/h5-10,12H,1-4,13H2. The summed E-state index contributed by atoms with van der Waals surface area (Å²) >= 11 is 17.4. The summed E-state index contributed by atoms with van der Waals surface area (Å²) in [5.74, 6) is 0.688. The van der Waals surface area contributed by atoms with Crippen molar-refractivity contribution >= 4 is 61.7 Å². The normalized spacial score (nSPS) is 13.3. The number of aryl methyl sites for hydroxylation is 1. The summed E-state index contributed by atoms with van der Waals surface area (Å²) < 4.78 is 6.95. The van der Waals surface area contributed by atoms with E-state index in [-0.39, 0.29) is 0 Å². The Morgan fingerprint density at radius 3 is 2.80 bits per heavy atom. The van der Waals surface area contributed by atoms with Crippen molar-refractivity contribution in [2.45, 2.75) is 32.3 Å². The highest BCUT2D eigenvalue weighted by molar-refractivity contribution is 9.10. The highest BCUT2D eigenvalue weighted by Gasteiger charge is 2.20. The third kappa shape index (κ3) is 4.73. The molecule has 3 aromatic rings. The summed E-state index contributed by atoms with van der Waals surface area (Å²) in [6.45, 7) is 0.315. The van der Waals surface area contributed by atoms with Crippen LogP contribution in [0.25, 0.3) is 0 Å². The smallest absolute Gasteiger partial charge is 0.134 e. The molecule has 30 heavy (non-hydrogen) atoms. The van der Waals surface area contributed by atoms with Gasteiger partial charge in [0.2, 0.25) is 0 Å². The minimum absolute atomic E-state index is 0.315. The van der Waals surface area contributed by atoms with E-state index in [1.807, 2.05) is 24.3 Å². The van der Waals surface area contributed by atoms with Crippen molar-refractivity contribution in [3.8, 4) is 11.8 Å². The zero-order valence-electron chi connectivity index (χ0n) is 15.9. The first-order chi connectivity index (χ1) is 14.5. The molecular weight excluding hydrogens is 503 g/mol. The Morgan fingerprint density at radius 2 is 2.00 bits per heavy atom. The Balaban J connectivity index is 1.60. The van der Waals surface area contributed by atoms with E-state index in [0.29, 0.717) is 22.4 Å². The van der Waals surface area contributed by atoms with Crippen molar-refractivity contribution in [2.24, 2.45) is 4.99 Å². The maximum absolute atomic E-state index is 9.64. The molecule has 0 aliphatic heterocycles. The maximum Gasteiger partial charge on any atom is 0.134 e. The number of thiophene rings is 1. The van der Waals surface area contributed by atoms with E-state index in [1.165, 1.54) is 16.9 Å². The molecule has 3 nitrogen and oxygen atoms in total. The second kappa shape index (κ2) is 9.53. The molecular formula is C23H17BrCl2N2OS. The Labute approximate surface area is 198 Å². The van der Waals surface area contributed by atoms with E-state index >= 15 is 0 Å². The van der Waals surface area contributed by atoms with E-state index in [1.54, 1.807) is 29.7 Å². The highest BCUT2D eigenvalue weighted by atomic mass is 79.9. The molecule has 152 valence electrons. The van der Waals surface area contributed by atoms with Gasteiger partial charge in [0, 0.05) is 36.7 Å². The fraction of sp³-hybridized carbons (Fsp3) is 0.217. The summed E-state index contributed by atoms with van der Waals surface area (Å²) in [6.07, 6.45) is 6.09. The molecule has 0 bridgehead atoms. The third-order valence-electron chi connectivity index (χ3n) is 4.96. The fourth-order valence-corrected chi connectivity index (χ4v) is 5.46. The van der Waals surface area contributed by atoms with Crippen LogP contribution < -0.4 is 4.74 Å². The second-order valence-corrected chi connectivity index (χ2v) is 9.81. The lowest BCUT2D eigenvalue weighted by molar-refractivity contribution is 0.306. The minimum atomic E-state index is 0.315. The Morgan fingerprint density at radius 1 is 1.17 bits per heavy atom. The first-order valence-corrected chi connectivity index (χ1v) is 11.9. The van der Waals surface area contributed by atoms with Crippen molar-refractivity contribution in [1.29, 1.82) is 5.26 Å². The monoisotopic (exact) mass is 518 g/mol. The molecule has 0 N–H and O–H groups in total. The van der Waals surface area contributed by atoms with Crippen LogP contribution in [0.15, 0.2) is 45.9 Å². The van der Waals surface area contributed by atoms with Gasteiger partial charge in [0.25, 0.3) is 0 Å². The summed E-state index contributed by atoms with van der Waals surface area (Å²) in [5.41, 5.74) is 3.58. The van der Waals surface area contributed by atoms with Gasteiger partial charge < -0.3 is 4.74 Å². The molecule has 0 saturated carbocycles. The van der Waals surface area contributed by atoms with Crippen LogP contribution in [0.1, 0.15) is 40.0 Å². The van der Waals surface area contributed by atoms with Gasteiger partial charge in [-0.1, -0.05) is 45.2 Å². The SMILES string of the molecule is N#Cc1c(N=Cc2cc(Br)ccc2OCc2ccc(Cl)cc2Cl)sc2c1CCCC2. The second-order valence-electron chi connectivity index (χ2n) is 6.97. The number of nitriles is 1. The zero-order valence-corrected chi connectivity index (χ0v) is 19.8. The third-order valence-corrected chi connectivity index (χ3v) is 7.24. The van der Waals surface area contributed by atoms with E-state index in [2.05, 4.69) is 27.0 Å². The van der Waals surface area contributed by atoms with E-state index < -0.39 is 0 Å². The minimum Gasteiger partial charge on any atom is -0.488 e. The van der Waals surface area contributed by atoms with Crippen molar-refractivity contribution in [1.82, 2.24) is 0 Å². The number of ether oxygens (including phenoxy) is 1. The Kier molecular flexibility index (Phi) is 6.80. The van der Waals surface area contributed by atoms with Crippen LogP contribution in [0, 0.1) is 11.3 Å². The van der Waals surface area contributed by atoms with Gasteiger partial charge in [0.05, 0.1) is 5.56 Å². The van der Waals surface area contributed by atoms with Gasteiger partial charge >= 0.3 is 0 Å². The predicted octanol–water partition coefficient (Wildman–Crippen LogP) is 7.90. The number of nitrogens with zero attached hydrogens (tertiary/aromatic N) is 2. The average Bonchev–Trinajstić information content (AvgIpc) is 3.10. The Bertz CT molecular complexity index is 1170. The predicted molar refractivity (Wildman–Crippen MR) is 128 cm³/mol. The molecule has 0 unspecified atom stereocenters. The summed E-state index contributed by atoms with van der Waals surface area (Å²) in [6, 6.07) is 13.5. The summed E-state index contributed by atoms with van der Waals surface area (Å²) in [5, 5.41) is 11.6. The lowest BCUT2D eigenvalue weighted by atomic mass is 9.96. The van der Waals surface area contributed by atoms with E-state index in [0.717, 1.165) is 45.4 Å². The number of benzene rings is 2. The average molecular weight is 520 g/mol. The van der Waals surface area contributed by atoms with Gasteiger partial charge in [-0.3, -0.25) is 0 Å². The lowest BCUT2D eigenvalue weighted by Crippen LogP contribution is -1.99. The maximum atomic E-state index is 9.64. The molecule has 1 aliphatic rings. The largest absolute Gasteiger partial charge is 0.488 e. The molecule has 2 aromatic carbocycles. The topological polar surface area (TPSA) is 45.4 Å². The number of aliphatic imine (C=N–C) groups is 1. The summed E-state index contributed by atoms with van der Waals surface area (Å²) in [7, 11) is 0. The van der Waals surface area contributed by atoms with Gasteiger partial charge in [-0.2, -0.15) is 5.26 Å². The van der Waals surface area contributed by atoms with Crippen LogP contribution in [-0.2, 0) is 19.4 Å². The molecule has 1 heterocycles. The Hall–Kier alpha value is -1.84. The number of hydrogen-bond acceptors (Lipinski definition) is 4. The van der Waals surface area contributed by atoms with E-state index in [9.17, 15) is 5.26 Å². The first kappa shape index (κ1) is 21.4. The zero-order chi connectivity index (χ0) is 21.1. The van der Waals surface area contributed by atoms with Crippen LogP contribution in [-0.4, -0.2) is 6.21 Å². The molecule has 7 heteroatoms. The molecule has 0 fully saturated rings. The van der Waals surface area contributed by atoms with Crippen LogP contribution in [0.5, 0.6) is 5.75 Å². The van der Waals surface area contributed by atoms with Gasteiger partial charge in [-0.15, -0.1) is 11.3 Å². The number of fused-ring (bicyclic) bond motifs is 1. The van der Waals surface area contributed by atoms with Crippen LogP contribution in [0.2, 0.25) is 10.0 Å². The molecule has 0 atom stereocenters. The van der Waals surface area contributed by atoms with Crippen molar-refractivity contribution in [2.75, 3.05) is 0 Å². The quantitative estimate of drug-likeness (QED) is 0.321. The first-order valence-electron chi connectivity index (χ1n) is 9.50. The molecule has 1 aliphatic carbocycles. The number of halogens is 3. The van der Waals surface area contributed by atoms with Crippen LogP contribution in [0.3, 0.4) is 0 Å². The molecule has 0 radical (unpaired) electrons. The molecule has 0 amide bonds. The molecule has 0 spiro atoms.